The number of nitrogens with one attached hydrogen (secondary N) is 4. The Kier molecular flexibility index (Phi) is 27.5. The molecule has 4 rings (SSSR count). The fourth-order valence-corrected chi connectivity index (χ4v) is 7.73. The highest BCUT2D eigenvalue weighted by Crippen LogP contribution is 2.38. The predicted octanol–water partition coefficient (Wildman–Crippen LogP) is 4.50. The summed E-state index contributed by atoms with van der Waals surface area (Å²) in [4.78, 5) is 65.6. The number of unbranched alkanes of at least 4 members (excludes halogenated alkanes) is 2. The largest absolute Gasteiger partial charge is 0.465 e. The number of imidazole rings is 2. The van der Waals surface area contributed by atoms with Gasteiger partial charge in [0.25, 0.3) is 0 Å². The van der Waals surface area contributed by atoms with Crippen LogP contribution in [0.25, 0.3) is 22.3 Å². The van der Waals surface area contributed by atoms with Gasteiger partial charge in [0.05, 0.1) is 39.1 Å². The van der Waals surface area contributed by atoms with Crippen LogP contribution in [0.2, 0.25) is 0 Å². The van der Waals surface area contributed by atoms with E-state index in [1.54, 1.807) is 0 Å². The molecule has 406 valence electrons. The zero-order valence-electron chi connectivity index (χ0n) is 39.8. The van der Waals surface area contributed by atoms with Gasteiger partial charge >= 0.3 is 31.9 Å². The number of nitrogens with two attached hydrogens (primary N) is 3. The van der Waals surface area contributed by atoms with Crippen molar-refractivity contribution in [2.75, 3.05) is 74.3 Å². The van der Waals surface area contributed by atoms with E-state index in [4.69, 9.17) is 45.9 Å². The molecular formula is C37H64ClF6N15O10P2. The molecule has 0 saturated carbocycles. The van der Waals surface area contributed by atoms with Gasteiger partial charge in [0, 0.05) is 13.1 Å². The number of rotatable bonds is 26. The molecule has 4 heterocycles. The van der Waals surface area contributed by atoms with Crippen molar-refractivity contribution < 1.29 is 73.8 Å². The minimum atomic E-state index is -4.48. The first-order valence-electron chi connectivity index (χ1n) is 21.6. The SMILES string of the molecule is CC(C)N.CCCCOC(=O)[C@H](C)NP(=O)(COCCn1cnc2c(NCC(F)(F)F)nc(N)nc21)N[C@@H](C)C(=O)OCCCC.Cl.Nc1nc(NCC(F)(F)F)c2ncn(CCOCP(=O)(O)O)c2n1. The van der Waals surface area contributed by atoms with E-state index in [1.165, 1.54) is 35.6 Å². The van der Waals surface area contributed by atoms with E-state index >= 15 is 0 Å². The molecule has 25 nitrogen and oxygen atoms in total. The van der Waals surface area contributed by atoms with Crippen molar-refractivity contribution >= 4 is 85.2 Å². The number of aromatic nitrogens is 8. The fourth-order valence-electron chi connectivity index (χ4n) is 5.29. The average molecular weight is 1090 g/mol. The van der Waals surface area contributed by atoms with Crippen LogP contribution >= 0.6 is 27.4 Å². The molecule has 0 fully saturated rings. The number of esters is 2. The van der Waals surface area contributed by atoms with Crippen molar-refractivity contribution in [3.8, 4) is 0 Å². The number of alkyl halides is 6. The molecular weight excluding hydrogens is 1030 g/mol. The maximum Gasteiger partial charge on any atom is 0.405 e. The van der Waals surface area contributed by atoms with E-state index in [0.29, 0.717) is 18.9 Å². The third-order valence-corrected chi connectivity index (χ3v) is 11.0. The van der Waals surface area contributed by atoms with Crippen LogP contribution in [-0.4, -0.2) is 143 Å². The van der Waals surface area contributed by atoms with Crippen LogP contribution in [0.3, 0.4) is 0 Å². The van der Waals surface area contributed by atoms with Crippen LogP contribution in [0.5, 0.6) is 0 Å². The van der Waals surface area contributed by atoms with Gasteiger partial charge in [0.1, 0.15) is 37.9 Å². The summed E-state index contributed by atoms with van der Waals surface area (Å²) in [7, 11) is -7.99. The quantitative estimate of drug-likeness (QED) is 0.0181. The molecule has 0 spiro atoms. The Morgan fingerprint density at radius 1 is 0.690 bits per heavy atom. The fraction of sp³-hybridized carbons (Fsp3) is 0.676. The first-order valence-corrected chi connectivity index (χ1v) is 25.3. The van der Waals surface area contributed by atoms with E-state index in [9.17, 15) is 45.1 Å². The van der Waals surface area contributed by atoms with Gasteiger partial charge in [0.2, 0.25) is 19.3 Å². The lowest BCUT2D eigenvalue weighted by molar-refractivity contribution is -0.145. The Labute approximate surface area is 410 Å². The number of ether oxygens (including phenoxy) is 4. The van der Waals surface area contributed by atoms with Crippen molar-refractivity contribution in [2.45, 2.75) is 111 Å². The lowest BCUT2D eigenvalue weighted by atomic mass is 10.3. The van der Waals surface area contributed by atoms with Crippen molar-refractivity contribution in [3.05, 3.63) is 12.7 Å². The molecule has 0 bridgehead atoms. The van der Waals surface area contributed by atoms with Gasteiger partial charge in [-0.25, -0.2) is 20.1 Å². The first kappa shape index (κ1) is 64.3. The Hall–Kier alpha value is -4.71. The van der Waals surface area contributed by atoms with Crippen LogP contribution in [0.4, 0.5) is 49.9 Å². The molecule has 4 aromatic heterocycles. The number of hydrogen-bond acceptors (Lipinski definition) is 19. The zero-order valence-corrected chi connectivity index (χ0v) is 42.4. The normalized spacial score (nSPS) is 12.8. The summed E-state index contributed by atoms with van der Waals surface area (Å²) in [6, 6.07) is -1.63. The van der Waals surface area contributed by atoms with Crippen molar-refractivity contribution in [1.82, 2.24) is 49.2 Å². The molecule has 0 aliphatic heterocycles. The molecule has 0 amide bonds. The summed E-state index contributed by atoms with van der Waals surface area (Å²) in [6.45, 7) is 8.67. The van der Waals surface area contributed by atoms with E-state index in [0.717, 1.165) is 12.8 Å². The molecule has 0 aliphatic carbocycles. The third kappa shape index (κ3) is 25.5. The van der Waals surface area contributed by atoms with Gasteiger partial charge in [-0.05, 0) is 32.7 Å². The smallest absolute Gasteiger partial charge is 0.405 e. The van der Waals surface area contributed by atoms with Gasteiger partial charge in [-0.1, -0.05) is 40.5 Å². The second kappa shape index (κ2) is 30.4. The molecule has 34 heteroatoms. The van der Waals surface area contributed by atoms with Gasteiger partial charge in [-0.15, -0.1) is 12.4 Å². The number of nitrogen functional groups attached to an aromatic ring is 2. The second-order valence-electron chi connectivity index (χ2n) is 15.5. The molecule has 0 aromatic carbocycles. The van der Waals surface area contributed by atoms with Gasteiger partial charge < -0.3 is 65.7 Å². The second-order valence-corrected chi connectivity index (χ2v) is 19.3. The predicted molar refractivity (Wildman–Crippen MR) is 253 cm³/mol. The van der Waals surface area contributed by atoms with Crippen molar-refractivity contribution in [1.29, 1.82) is 0 Å². The number of fused-ring (bicyclic) bond motifs is 2. The highest BCUT2D eigenvalue weighted by molar-refractivity contribution is 7.59. The van der Waals surface area contributed by atoms with Crippen LogP contribution < -0.4 is 38.0 Å². The Bertz CT molecular complexity index is 2310. The minimum Gasteiger partial charge on any atom is -0.465 e. The van der Waals surface area contributed by atoms with E-state index in [2.05, 4.69) is 50.7 Å². The van der Waals surface area contributed by atoms with Gasteiger partial charge in [-0.2, -0.15) is 46.3 Å². The molecule has 0 saturated heterocycles. The molecule has 0 radical (unpaired) electrons. The zero-order chi connectivity index (χ0) is 52.9. The van der Waals surface area contributed by atoms with Crippen LogP contribution in [-0.2, 0) is 50.8 Å². The Morgan fingerprint density at radius 2 is 1.06 bits per heavy atom. The molecule has 0 aliphatic rings. The number of hydrogen-bond donors (Lipinski definition) is 9. The van der Waals surface area contributed by atoms with E-state index in [1.807, 2.05) is 27.7 Å². The van der Waals surface area contributed by atoms with Crippen molar-refractivity contribution in [3.63, 3.8) is 0 Å². The Morgan fingerprint density at radius 3 is 1.39 bits per heavy atom. The molecule has 0 unspecified atom stereocenters. The molecule has 4 aromatic rings. The lowest BCUT2D eigenvalue weighted by Crippen LogP contribution is -2.43. The average Bonchev–Trinajstić information content (AvgIpc) is 3.85. The van der Waals surface area contributed by atoms with Gasteiger partial charge in [-0.3, -0.25) is 18.7 Å². The summed E-state index contributed by atoms with van der Waals surface area (Å²) < 4.78 is 123. The summed E-state index contributed by atoms with van der Waals surface area (Å²) in [5, 5.41) is 9.70. The number of anilines is 4. The van der Waals surface area contributed by atoms with Crippen LogP contribution in [0, 0.1) is 0 Å². The van der Waals surface area contributed by atoms with E-state index < -0.39 is 77.2 Å². The summed E-state index contributed by atoms with van der Waals surface area (Å²) in [5.74, 6) is -2.06. The Balaban J connectivity index is 0.000000731. The summed E-state index contributed by atoms with van der Waals surface area (Å²) >= 11 is 0. The summed E-state index contributed by atoms with van der Waals surface area (Å²) in [5.41, 5.74) is 16.8. The molecule has 2 atom stereocenters. The van der Waals surface area contributed by atoms with Crippen LogP contribution in [0.15, 0.2) is 12.7 Å². The number of halogens is 7. The van der Waals surface area contributed by atoms with Gasteiger partial charge in [0.15, 0.2) is 34.0 Å². The monoisotopic (exact) mass is 1090 g/mol. The first-order chi connectivity index (χ1) is 32.6. The summed E-state index contributed by atoms with van der Waals surface area (Å²) in [6.07, 6.45) is -4.44. The van der Waals surface area contributed by atoms with Crippen molar-refractivity contribution in [2.24, 2.45) is 5.73 Å². The lowest BCUT2D eigenvalue weighted by Gasteiger charge is -2.26. The number of carbonyl (C=O) groups excluding carboxylic acids is 2. The maximum absolute atomic E-state index is 13.8. The van der Waals surface area contributed by atoms with Crippen LogP contribution in [0.1, 0.15) is 67.2 Å². The maximum atomic E-state index is 13.8. The highest BCUT2D eigenvalue weighted by Gasteiger charge is 2.33. The minimum absolute atomic E-state index is 0. The molecule has 12 N–H and O–H groups in total. The standard InChI is InChI=1S/C24H40F3N8O6P.C10H14F3N6O4P.C3H9N.ClH/c1-5-7-10-40-21(36)16(3)33-42(38,34-17(4)22(37)41-11-8-6-2)15-39-12-9-35-14-30-18-19(29-13-24(25,26)27)31-23(28)32-20(18)35;11-10(12,13)3-15-7-6-8(18-9(14)17-7)19(4-16-6)1-2-23-5-24(20,21)22;1-3(2)4;/h14,16-17H,5-13,15H2,1-4H3,(H2,33,34,38)(H3,28,29,31,32);4H,1-3,5H2,(H2,20,21,22)(H3,14,15,17,18);3H,4H2,1-2H3;1H/t16-,17-;;;/m0.../s1. The number of carbonyl (C=O) groups is 2. The molecule has 71 heavy (non-hydrogen) atoms. The van der Waals surface area contributed by atoms with E-state index in [-0.39, 0.29) is 97.8 Å². The third-order valence-electron chi connectivity index (χ3n) is 8.36. The topological polar surface area (TPSA) is 359 Å². The number of nitrogens with zero attached hydrogens (tertiary/aromatic N) is 8. The highest BCUT2D eigenvalue weighted by atomic mass is 35.5.